The van der Waals surface area contributed by atoms with Gasteiger partial charge in [0.2, 0.25) is 5.91 Å². The first kappa shape index (κ1) is 21.6. The molecule has 5 rings (SSSR count). The van der Waals surface area contributed by atoms with Crippen molar-refractivity contribution in [3.63, 3.8) is 0 Å². The molecule has 3 aliphatic rings. The van der Waals surface area contributed by atoms with Gasteiger partial charge in [-0.05, 0) is 92.4 Å². The van der Waals surface area contributed by atoms with E-state index in [4.69, 9.17) is 5.73 Å². The van der Waals surface area contributed by atoms with Gasteiger partial charge in [0.15, 0.2) is 5.13 Å². The highest BCUT2D eigenvalue weighted by molar-refractivity contribution is 7.15. The lowest BCUT2D eigenvalue weighted by Gasteiger charge is -2.50. The summed E-state index contributed by atoms with van der Waals surface area (Å²) in [6.07, 6.45) is 9.03. The molecule has 170 valence electrons. The number of aromatic nitrogens is 1. The number of anilines is 2. The third-order valence-corrected chi connectivity index (χ3v) is 9.27. The number of nitrogens with two attached hydrogens (primary N) is 1. The number of carbonyl (C=O) groups is 2. The van der Waals surface area contributed by atoms with E-state index in [-0.39, 0.29) is 11.3 Å². The third-order valence-electron chi connectivity index (χ3n) is 8.44. The summed E-state index contributed by atoms with van der Waals surface area (Å²) in [5, 5.41) is 3.58. The van der Waals surface area contributed by atoms with Crippen LogP contribution in [-0.4, -0.2) is 16.7 Å². The van der Waals surface area contributed by atoms with Crippen LogP contribution in [0.15, 0.2) is 24.4 Å². The SMILES string of the molecule is Cc1cnc(NC(=O)CCC[C@@H]2CC(=O)[C@@]3(C)CCC4c5cc(N)ccc5CCC4C23)s1. The van der Waals surface area contributed by atoms with Crippen molar-refractivity contribution in [2.75, 3.05) is 11.1 Å². The number of benzene rings is 1. The van der Waals surface area contributed by atoms with Crippen LogP contribution in [0.5, 0.6) is 0 Å². The standard InChI is InChI=1S/C26H33N3O2S/c1-15-14-28-25(32-15)29-23(31)5-3-4-17-12-22(30)26(2)11-10-19-20(24(17)26)9-7-16-6-8-18(27)13-21(16)19/h6,8,13-14,17,19-20,24H,3-5,7,9-12,27H2,1-2H3,(H,28,29,31)/t17-,19?,20?,24?,26-/m1/s1. The van der Waals surface area contributed by atoms with Crippen molar-refractivity contribution in [2.45, 2.75) is 71.1 Å². The van der Waals surface area contributed by atoms with Crippen LogP contribution in [0.1, 0.15) is 73.8 Å². The summed E-state index contributed by atoms with van der Waals surface area (Å²) >= 11 is 1.50. The Morgan fingerprint density at radius 1 is 1.34 bits per heavy atom. The van der Waals surface area contributed by atoms with Crippen molar-refractivity contribution in [3.8, 4) is 0 Å². The zero-order valence-electron chi connectivity index (χ0n) is 19.0. The lowest BCUT2D eigenvalue weighted by Crippen LogP contribution is -2.44. The lowest BCUT2D eigenvalue weighted by atomic mass is 9.54. The molecular formula is C26H33N3O2S. The minimum atomic E-state index is -0.190. The molecular weight excluding hydrogens is 418 g/mol. The second-order valence-corrected chi connectivity index (χ2v) is 11.6. The number of rotatable bonds is 5. The maximum atomic E-state index is 13.1. The smallest absolute Gasteiger partial charge is 0.226 e. The molecule has 0 aliphatic heterocycles. The molecule has 1 aromatic heterocycles. The first-order valence-electron chi connectivity index (χ1n) is 12.0. The quantitative estimate of drug-likeness (QED) is 0.588. The van der Waals surface area contributed by atoms with Gasteiger partial charge in [0, 0.05) is 35.0 Å². The van der Waals surface area contributed by atoms with E-state index in [0.29, 0.717) is 47.4 Å². The number of hydrogen-bond acceptors (Lipinski definition) is 5. The lowest BCUT2D eigenvalue weighted by molar-refractivity contribution is -0.129. The predicted molar refractivity (Wildman–Crippen MR) is 129 cm³/mol. The van der Waals surface area contributed by atoms with Gasteiger partial charge in [-0.25, -0.2) is 4.98 Å². The fraction of sp³-hybridized carbons (Fsp3) is 0.577. The predicted octanol–water partition coefficient (Wildman–Crippen LogP) is 5.49. The zero-order chi connectivity index (χ0) is 22.5. The number of aryl methyl sites for hydroxylation is 2. The largest absolute Gasteiger partial charge is 0.399 e. The van der Waals surface area contributed by atoms with E-state index in [1.54, 1.807) is 6.20 Å². The van der Waals surface area contributed by atoms with Crippen LogP contribution in [-0.2, 0) is 16.0 Å². The highest BCUT2D eigenvalue weighted by Crippen LogP contribution is 2.62. The van der Waals surface area contributed by atoms with Gasteiger partial charge < -0.3 is 11.1 Å². The maximum Gasteiger partial charge on any atom is 0.226 e. The summed E-state index contributed by atoms with van der Waals surface area (Å²) in [6.45, 7) is 4.21. The molecule has 3 aliphatic carbocycles. The van der Waals surface area contributed by atoms with Crippen LogP contribution in [0.2, 0.25) is 0 Å². The average Bonchev–Trinajstić information content (AvgIpc) is 3.27. The number of hydrogen-bond donors (Lipinski definition) is 2. The van der Waals surface area contributed by atoms with E-state index >= 15 is 0 Å². The number of ketones is 1. The van der Waals surface area contributed by atoms with Gasteiger partial charge in [-0.1, -0.05) is 13.0 Å². The van der Waals surface area contributed by atoms with Gasteiger partial charge >= 0.3 is 0 Å². The van der Waals surface area contributed by atoms with Crippen LogP contribution in [0, 0.1) is 30.1 Å². The molecule has 0 radical (unpaired) electrons. The highest BCUT2D eigenvalue weighted by atomic mass is 32.1. The van der Waals surface area contributed by atoms with Crippen molar-refractivity contribution in [3.05, 3.63) is 40.4 Å². The molecule has 32 heavy (non-hydrogen) atoms. The monoisotopic (exact) mass is 451 g/mol. The fourth-order valence-corrected chi connectivity index (χ4v) is 7.71. The first-order valence-corrected chi connectivity index (χ1v) is 12.8. The van der Waals surface area contributed by atoms with Crippen molar-refractivity contribution in [1.29, 1.82) is 0 Å². The molecule has 2 aromatic rings. The molecule has 5 nitrogen and oxygen atoms in total. The fourth-order valence-electron chi connectivity index (χ4n) is 7.03. The molecule has 5 atom stereocenters. The molecule has 1 aromatic carbocycles. The summed E-state index contributed by atoms with van der Waals surface area (Å²) in [6, 6.07) is 6.41. The molecule has 1 amide bonds. The Labute approximate surface area is 194 Å². The summed E-state index contributed by atoms with van der Waals surface area (Å²) in [5.74, 6) is 2.35. The van der Waals surface area contributed by atoms with Crippen molar-refractivity contribution in [2.24, 2.45) is 23.2 Å². The van der Waals surface area contributed by atoms with Gasteiger partial charge in [0.05, 0.1) is 0 Å². The van der Waals surface area contributed by atoms with E-state index in [2.05, 4.69) is 29.4 Å². The number of carbonyl (C=O) groups excluding carboxylic acids is 2. The molecule has 1 heterocycles. The number of thiazole rings is 1. The Morgan fingerprint density at radius 3 is 2.97 bits per heavy atom. The molecule has 0 spiro atoms. The average molecular weight is 452 g/mol. The number of amides is 1. The maximum absolute atomic E-state index is 13.1. The van der Waals surface area contributed by atoms with E-state index in [0.717, 1.165) is 49.1 Å². The van der Waals surface area contributed by atoms with E-state index in [9.17, 15) is 9.59 Å². The number of nitrogen functional groups attached to an aromatic ring is 1. The van der Waals surface area contributed by atoms with Crippen LogP contribution in [0.4, 0.5) is 10.8 Å². The van der Waals surface area contributed by atoms with Gasteiger partial charge in [-0.15, -0.1) is 11.3 Å². The van der Waals surface area contributed by atoms with Crippen LogP contribution < -0.4 is 11.1 Å². The van der Waals surface area contributed by atoms with Crippen LogP contribution in [0.25, 0.3) is 0 Å². The molecule has 3 unspecified atom stereocenters. The first-order chi connectivity index (χ1) is 15.3. The van der Waals surface area contributed by atoms with E-state index in [1.165, 1.54) is 22.5 Å². The van der Waals surface area contributed by atoms with Gasteiger partial charge in [-0.3, -0.25) is 9.59 Å². The number of nitrogens with zero attached hydrogens (tertiary/aromatic N) is 1. The Bertz CT molecular complexity index is 1050. The Hall–Kier alpha value is -2.21. The normalized spacial score (nSPS) is 31.0. The molecule has 2 fully saturated rings. The second-order valence-electron chi connectivity index (χ2n) is 10.4. The minimum Gasteiger partial charge on any atom is -0.399 e. The zero-order valence-corrected chi connectivity index (χ0v) is 19.8. The van der Waals surface area contributed by atoms with Crippen molar-refractivity contribution >= 4 is 33.8 Å². The van der Waals surface area contributed by atoms with Crippen LogP contribution >= 0.6 is 11.3 Å². The number of nitrogens with one attached hydrogen (secondary N) is 1. The topological polar surface area (TPSA) is 85.1 Å². The Kier molecular flexibility index (Phi) is 5.60. The minimum absolute atomic E-state index is 0.0232. The van der Waals surface area contributed by atoms with Crippen molar-refractivity contribution in [1.82, 2.24) is 4.98 Å². The molecule has 0 saturated heterocycles. The molecule has 0 bridgehead atoms. The Morgan fingerprint density at radius 2 is 2.19 bits per heavy atom. The number of fused-ring (bicyclic) bond motifs is 5. The van der Waals surface area contributed by atoms with Gasteiger partial charge in [-0.2, -0.15) is 0 Å². The Balaban J connectivity index is 1.28. The molecule has 6 heteroatoms. The van der Waals surface area contributed by atoms with Gasteiger partial charge in [0.25, 0.3) is 0 Å². The highest BCUT2D eigenvalue weighted by Gasteiger charge is 2.58. The summed E-state index contributed by atoms with van der Waals surface area (Å²) < 4.78 is 0. The van der Waals surface area contributed by atoms with Gasteiger partial charge in [0.1, 0.15) is 5.78 Å². The van der Waals surface area contributed by atoms with Crippen molar-refractivity contribution < 1.29 is 9.59 Å². The van der Waals surface area contributed by atoms with E-state index in [1.807, 2.05) is 13.0 Å². The summed E-state index contributed by atoms with van der Waals surface area (Å²) in [5.41, 5.74) is 9.67. The number of Topliss-reactive ketones (excluding diaryl/α,β-unsaturated/α-hetero) is 1. The van der Waals surface area contributed by atoms with E-state index < -0.39 is 0 Å². The summed E-state index contributed by atoms with van der Waals surface area (Å²) in [4.78, 5) is 30.8. The summed E-state index contributed by atoms with van der Waals surface area (Å²) in [7, 11) is 0. The second kappa shape index (κ2) is 8.29. The molecule has 2 saturated carbocycles. The molecule has 3 N–H and O–H groups in total. The third kappa shape index (κ3) is 3.76. The van der Waals surface area contributed by atoms with Crippen LogP contribution in [0.3, 0.4) is 0 Å².